The Morgan fingerprint density at radius 1 is 1.04 bits per heavy atom. The Bertz CT molecular complexity index is 661. The van der Waals surface area contributed by atoms with Crippen LogP contribution in [0.5, 0.6) is 0 Å². The minimum Gasteiger partial charge on any atom is -0.371 e. The Hall–Kier alpha value is -1.71. The molecule has 5 fully saturated rings. The monoisotopic (exact) mass is 339 g/mol. The number of amides is 2. The molecular weight excluding hydrogens is 310 g/mol. The van der Waals surface area contributed by atoms with E-state index in [4.69, 9.17) is 0 Å². The summed E-state index contributed by atoms with van der Waals surface area (Å²) >= 11 is 0. The maximum Gasteiger partial charge on any atom is 0.315 e. The van der Waals surface area contributed by atoms with Crippen LogP contribution in [-0.4, -0.2) is 30.7 Å². The third kappa shape index (κ3) is 2.61. The van der Waals surface area contributed by atoms with E-state index in [0.29, 0.717) is 11.5 Å². The van der Waals surface area contributed by atoms with Crippen LogP contribution in [0.1, 0.15) is 45.4 Å². The zero-order chi connectivity index (χ0) is 17.1. The molecule has 1 saturated heterocycles. The molecule has 1 heterocycles. The van der Waals surface area contributed by atoms with Crippen molar-refractivity contribution in [2.24, 2.45) is 17.3 Å². The molecule has 0 aromatic heterocycles. The predicted octanol–water partition coefficient (Wildman–Crippen LogP) is 3.53. The lowest BCUT2D eigenvalue weighted by atomic mass is 9.55. The average Bonchev–Trinajstić information content (AvgIpc) is 3.27. The molecule has 0 radical (unpaired) electrons. The van der Waals surface area contributed by atoms with Crippen LogP contribution in [0.25, 0.3) is 0 Å². The molecule has 4 saturated carbocycles. The average molecular weight is 339 g/mol. The summed E-state index contributed by atoms with van der Waals surface area (Å²) in [5.41, 5.74) is 2.05. The molecule has 1 aromatic carbocycles. The lowest BCUT2D eigenvalue weighted by Crippen LogP contribution is -2.64. The smallest absolute Gasteiger partial charge is 0.315 e. The van der Waals surface area contributed by atoms with Crippen molar-refractivity contribution in [3.8, 4) is 0 Å². The summed E-state index contributed by atoms with van der Waals surface area (Å²) in [7, 11) is 0. The van der Waals surface area contributed by atoms with Gasteiger partial charge in [-0.3, -0.25) is 0 Å². The number of para-hydroxylation sites is 1. The zero-order valence-electron chi connectivity index (χ0n) is 15.1. The predicted molar refractivity (Wildman–Crippen MR) is 99.6 cm³/mol. The summed E-state index contributed by atoms with van der Waals surface area (Å²) in [5.74, 6) is 1.73. The second-order valence-corrected chi connectivity index (χ2v) is 9.19. The van der Waals surface area contributed by atoms with Gasteiger partial charge in [0, 0.05) is 30.4 Å². The number of piperidine rings is 1. The van der Waals surface area contributed by atoms with Gasteiger partial charge in [0.2, 0.25) is 0 Å². The molecule has 4 heteroatoms. The van der Waals surface area contributed by atoms with Crippen LogP contribution in [0.15, 0.2) is 30.3 Å². The first-order chi connectivity index (χ1) is 12.1. The second-order valence-electron chi connectivity index (χ2n) is 9.19. The highest BCUT2D eigenvalue weighted by molar-refractivity contribution is 5.75. The molecule has 1 aromatic rings. The largest absolute Gasteiger partial charge is 0.371 e. The number of anilines is 1. The first-order valence-electron chi connectivity index (χ1n) is 9.95. The minimum atomic E-state index is 0.0702. The Labute approximate surface area is 150 Å². The van der Waals surface area contributed by atoms with Crippen molar-refractivity contribution in [2.75, 3.05) is 18.0 Å². The van der Waals surface area contributed by atoms with Gasteiger partial charge in [0.25, 0.3) is 0 Å². The van der Waals surface area contributed by atoms with Gasteiger partial charge in [-0.1, -0.05) is 25.1 Å². The maximum absolute atomic E-state index is 12.5. The molecule has 4 aliphatic carbocycles. The fourth-order valence-electron chi connectivity index (χ4n) is 5.80. The van der Waals surface area contributed by atoms with E-state index in [9.17, 15) is 4.79 Å². The van der Waals surface area contributed by atoms with Crippen LogP contribution in [0, 0.1) is 17.3 Å². The van der Waals surface area contributed by atoms with Gasteiger partial charge in [0.05, 0.1) is 0 Å². The molecule has 1 aliphatic heterocycles. The first-order valence-corrected chi connectivity index (χ1v) is 9.95. The molecule has 4 nitrogen and oxygen atoms in total. The molecular formula is C21H29N3O. The van der Waals surface area contributed by atoms with Crippen molar-refractivity contribution in [3.05, 3.63) is 30.3 Å². The van der Waals surface area contributed by atoms with Crippen molar-refractivity contribution in [1.82, 2.24) is 10.6 Å². The minimum absolute atomic E-state index is 0.0702. The quantitative estimate of drug-likeness (QED) is 0.885. The Morgan fingerprint density at radius 3 is 2.32 bits per heavy atom. The van der Waals surface area contributed by atoms with E-state index in [0.717, 1.165) is 37.8 Å². The fraction of sp³-hybridized carbons (Fsp3) is 0.667. The lowest BCUT2D eigenvalue weighted by Gasteiger charge is -2.55. The van der Waals surface area contributed by atoms with E-state index in [1.165, 1.54) is 31.4 Å². The van der Waals surface area contributed by atoms with Gasteiger partial charge in [-0.25, -0.2) is 4.79 Å². The van der Waals surface area contributed by atoms with Gasteiger partial charge in [-0.2, -0.15) is 0 Å². The number of urea groups is 1. The summed E-state index contributed by atoms with van der Waals surface area (Å²) in [6, 6.07) is 11.0. The van der Waals surface area contributed by atoms with Crippen molar-refractivity contribution in [3.63, 3.8) is 0 Å². The van der Waals surface area contributed by atoms with Crippen LogP contribution >= 0.6 is 0 Å². The summed E-state index contributed by atoms with van der Waals surface area (Å²) in [6.45, 7) is 4.48. The van der Waals surface area contributed by atoms with Crippen molar-refractivity contribution >= 4 is 11.7 Å². The SMILES string of the molecule is C[C@@]12CC1CC1(NC(=O)NC3CCN(c4ccccc4)CC3)CC2C1. The van der Waals surface area contributed by atoms with Gasteiger partial charge in [-0.05, 0) is 67.9 Å². The Balaban J connectivity index is 1.11. The van der Waals surface area contributed by atoms with E-state index < -0.39 is 0 Å². The number of carbonyl (C=O) groups excluding carboxylic acids is 1. The fourth-order valence-corrected chi connectivity index (χ4v) is 5.80. The molecule has 134 valence electrons. The number of rotatable bonds is 3. The first kappa shape index (κ1) is 15.5. The number of nitrogens with one attached hydrogen (secondary N) is 2. The van der Waals surface area contributed by atoms with Gasteiger partial charge in [0.15, 0.2) is 0 Å². The third-order valence-electron chi connectivity index (χ3n) is 7.63. The normalized spacial score (nSPS) is 39.2. The molecule has 2 amide bonds. The van der Waals surface area contributed by atoms with Crippen molar-refractivity contribution in [2.45, 2.75) is 57.0 Å². The highest BCUT2D eigenvalue weighted by atomic mass is 16.2. The number of nitrogens with zero attached hydrogens (tertiary/aromatic N) is 1. The summed E-state index contributed by atoms with van der Waals surface area (Å²) in [4.78, 5) is 14.9. The van der Waals surface area contributed by atoms with Gasteiger partial charge in [-0.15, -0.1) is 0 Å². The molecule has 1 unspecified atom stereocenters. The molecule has 6 rings (SSSR count). The second kappa shape index (κ2) is 5.39. The summed E-state index contributed by atoms with van der Waals surface area (Å²) in [5, 5.41) is 6.61. The number of benzene rings is 1. The highest BCUT2D eigenvalue weighted by Crippen LogP contribution is 2.73. The van der Waals surface area contributed by atoms with Gasteiger partial charge < -0.3 is 15.5 Å². The van der Waals surface area contributed by atoms with E-state index in [1.54, 1.807) is 0 Å². The maximum atomic E-state index is 12.5. The topological polar surface area (TPSA) is 44.4 Å². The van der Waals surface area contributed by atoms with Crippen LogP contribution in [0.3, 0.4) is 0 Å². The molecule has 25 heavy (non-hydrogen) atoms. The number of hydrogen-bond donors (Lipinski definition) is 2. The molecule has 5 aliphatic rings. The van der Waals surface area contributed by atoms with Crippen LogP contribution in [0.2, 0.25) is 0 Å². The van der Waals surface area contributed by atoms with Crippen molar-refractivity contribution in [1.29, 1.82) is 0 Å². The third-order valence-corrected chi connectivity index (χ3v) is 7.63. The summed E-state index contributed by atoms with van der Waals surface area (Å²) < 4.78 is 0. The van der Waals surface area contributed by atoms with E-state index in [1.807, 2.05) is 0 Å². The van der Waals surface area contributed by atoms with Crippen LogP contribution in [-0.2, 0) is 0 Å². The van der Waals surface area contributed by atoms with Crippen molar-refractivity contribution < 1.29 is 4.79 Å². The van der Waals surface area contributed by atoms with Gasteiger partial charge in [0.1, 0.15) is 0 Å². The Morgan fingerprint density at radius 2 is 1.68 bits per heavy atom. The highest BCUT2D eigenvalue weighted by Gasteiger charge is 2.69. The molecule has 2 bridgehead atoms. The van der Waals surface area contributed by atoms with Crippen LogP contribution < -0.4 is 15.5 Å². The van der Waals surface area contributed by atoms with Gasteiger partial charge >= 0.3 is 6.03 Å². The van der Waals surface area contributed by atoms with E-state index in [2.05, 4.69) is 52.8 Å². The Kier molecular flexibility index (Phi) is 3.35. The van der Waals surface area contributed by atoms with Crippen LogP contribution in [0.4, 0.5) is 10.5 Å². The molecule has 0 spiro atoms. The number of carbonyl (C=O) groups is 1. The van der Waals surface area contributed by atoms with E-state index >= 15 is 0 Å². The standard InChI is InChI=1S/C21H29N3O/c1-20-11-15(20)12-21(13-16(20)14-21)23-19(25)22-17-7-9-24(10-8-17)18-5-3-2-4-6-18/h2-6,15-17H,7-14H2,1H3,(H2,22,23,25)/t15?,16?,20-,21?/m1/s1. The van der Waals surface area contributed by atoms with E-state index in [-0.39, 0.29) is 11.6 Å². The lowest BCUT2D eigenvalue weighted by molar-refractivity contribution is 0.00139. The summed E-state index contributed by atoms with van der Waals surface area (Å²) in [6.07, 6.45) is 7.07. The molecule has 2 N–H and O–H groups in total. The number of hydrogen-bond acceptors (Lipinski definition) is 2. The zero-order valence-corrected chi connectivity index (χ0v) is 15.1. The molecule has 2 atom stereocenters.